The molecule has 116 valence electrons. The third-order valence-electron chi connectivity index (χ3n) is 2.30. The summed E-state index contributed by atoms with van der Waals surface area (Å²) in [7, 11) is -6.54. The fraction of sp³-hybridized carbons (Fsp3) is 1.00. The average molecular weight is 316 g/mol. The van der Waals surface area contributed by atoms with Crippen molar-refractivity contribution >= 4 is 15.2 Å². The lowest BCUT2D eigenvalue weighted by Crippen LogP contribution is -2.16. The Morgan fingerprint density at radius 1 is 0.789 bits per heavy atom. The lowest BCUT2D eigenvalue weighted by atomic mass is 10.6. The first kappa shape index (κ1) is 19.3. The summed E-state index contributed by atoms with van der Waals surface area (Å²) < 4.78 is 45.8. The molecule has 0 heterocycles. The summed E-state index contributed by atoms with van der Waals surface area (Å²) in [5, 5.41) is 0. The second-order valence-corrected chi connectivity index (χ2v) is 8.43. The maximum Gasteiger partial charge on any atom is 0.334 e. The van der Waals surface area contributed by atoms with E-state index in [1.54, 1.807) is 34.6 Å². The summed E-state index contributed by atoms with van der Waals surface area (Å²) in [6, 6.07) is 0. The second-order valence-electron chi connectivity index (χ2n) is 3.85. The van der Waals surface area contributed by atoms with Crippen molar-refractivity contribution in [2.45, 2.75) is 40.3 Å². The molecule has 8 heteroatoms. The minimum absolute atomic E-state index is 0.0198. The Kier molecular flexibility index (Phi) is 9.42. The lowest BCUT2D eigenvalue weighted by molar-refractivity contribution is 0.205. The molecule has 0 radical (unpaired) electrons. The van der Waals surface area contributed by atoms with Gasteiger partial charge in [0.05, 0.1) is 38.2 Å². The topological polar surface area (TPSA) is 71.1 Å². The molecule has 6 nitrogen and oxygen atoms in total. The van der Waals surface area contributed by atoms with Crippen LogP contribution in [-0.2, 0) is 27.2 Å². The summed E-state index contributed by atoms with van der Waals surface area (Å²) in [6.07, 6.45) is 0.0198. The molecule has 0 saturated heterocycles. The predicted octanol–water partition coefficient (Wildman–Crippen LogP) is 3.91. The van der Waals surface area contributed by atoms with Crippen molar-refractivity contribution in [3.8, 4) is 0 Å². The molecular formula is C11H26O6P2. The third-order valence-corrected chi connectivity index (χ3v) is 7.38. The molecule has 0 saturated carbocycles. The zero-order valence-electron chi connectivity index (χ0n) is 12.5. The molecule has 0 fully saturated rings. The van der Waals surface area contributed by atoms with Crippen LogP contribution in [0.25, 0.3) is 0 Å². The molecule has 1 atom stereocenters. The van der Waals surface area contributed by atoms with Crippen LogP contribution in [0.1, 0.15) is 34.6 Å². The van der Waals surface area contributed by atoms with Gasteiger partial charge in [0, 0.05) is 0 Å². The van der Waals surface area contributed by atoms with Crippen molar-refractivity contribution in [2.24, 2.45) is 0 Å². The highest BCUT2D eigenvalue weighted by Crippen LogP contribution is 2.59. The van der Waals surface area contributed by atoms with E-state index in [0.29, 0.717) is 0 Å². The van der Waals surface area contributed by atoms with Crippen LogP contribution in [0.2, 0.25) is 0 Å². The molecule has 0 aromatic carbocycles. The van der Waals surface area contributed by atoms with E-state index in [1.165, 1.54) is 0 Å². The number of hydrogen-bond acceptors (Lipinski definition) is 6. The van der Waals surface area contributed by atoms with Crippen molar-refractivity contribution < 1.29 is 27.2 Å². The normalized spacial score (nSPS) is 14.6. The van der Waals surface area contributed by atoms with E-state index < -0.39 is 20.9 Å². The Balaban J connectivity index is 4.90. The van der Waals surface area contributed by atoms with Gasteiger partial charge < -0.3 is 18.1 Å². The highest BCUT2D eigenvalue weighted by molar-refractivity contribution is 7.58. The summed E-state index contributed by atoms with van der Waals surface area (Å²) in [5.74, 6) is 0. The van der Waals surface area contributed by atoms with Crippen LogP contribution in [-0.4, -0.2) is 38.2 Å². The molecule has 0 bridgehead atoms. The summed E-state index contributed by atoms with van der Waals surface area (Å²) in [4.78, 5) is 0. The van der Waals surface area contributed by atoms with Crippen LogP contribution in [0, 0.1) is 0 Å². The standard InChI is InChI=1S/C11H26O6P2/c1-6-14-18(12,15-7-2)10-11(5)19(13,16-8-3)17-9-4/h11H,6-10H2,1-5H3. The molecule has 0 spiro atoms. The minimum atomic E-state index is -3.29. The molecule has 0 rings (SSSR count). The SMILES string of the molecule is CCOP(=O)(CC(C)P(=O)(OCC)OCC)OCC. The van der Waals surface area contributed by atoms with E-state index in [-0.39, 0.29) is 32.6 Å². The van der Waals surface area contributed by atoms with Gasteiger partial charge in [-0.25, -0.2) is 0 Å². The first-order valence-corrected chi connectivity index (χ1v) is 9.98. The minimum Gasteiger partial charge on any atom is -0.309 e. The Hall–Kier alpha value is 0.300. The highest BCUT2D eigenvalue weighted by atomic mass is 31.2. The van der Waals surface area contributed by atoms with E-state index >= 15 is 0 Å². The van der Waals surface area contributed by atoms with Gasteiger partial charge in [0.15, 0.2) is 0 Å². The zero-order valence-corrected chi connectivity index (χ0v) is 14.2. The van der Waals surface area contributed by atoms with Crippen molar-refractivity contribution in [3.05, 3.63) is 0 Å². The largest absolute Gasteiger partial charge is 0.334 e. The van der Waals surface area contributed by atoms with Gasteiger partial charge in [-0.2, -0.15) is 0 Å². The number of hydrogen-bond donors (Lipinski definition) is 0. The van der Waals surface area contributed by atoms with Crippen LogP contribution in [0.5, 0.6) is 0 Å². The fourth-order valence-electron chi connectivity index (χ4n) is 1.61. The van der Waals surface area contributed by atoms with Gasteiger partial charge >= 0.3 is 15.2 Å². The van der Waals surface area contributed by atoms with Crippen LogP contribution >= 0.6 is 15.2 Å². The van der Waals surface area contributed by atoms with Crippen LogP contribution in [0.3, 0.4) is 0 Å². The summed E-state index contributed by atoms with van der Waals surface area (Å²) in [5.41, 5.74) is -0.545. The van der Waals surface area contributed by atoms with Gasteiger partial charge in [-0.3, -0.25) is 9.13 Å². The monoisotopic (exact) mass is 316 g/mol. The van der Waals surface area contributed by atoms with Gasteiger partial charge in [0.25, 0.3) is 0 Å². The quantitative estimate of drug-likeness (QED) is 0.538. The van der Waals surface area contributed by atoms with E-state index in [2.05, 4.69) is 0 Å². The molecule has 0 aliphatic carbocycles. The Morgan fingerprint density at radius 3 is 1.47 bits per heavy atom. The number of rotatable bonds is 11. The highest BCUT2D eigenvalue weighted by Gasteiger charge is 2.38. The smallest absolute Gasteiger partial charge is 0.309 e. The predicted molar refractivity (Wildman–Crippen MR) is 76.0 cm³/mol. The lowest BCUT2D eigenvalue weighted by Gasteiger charge is -2.26. The molecule has 19 heavy (non-hydrogen) atoms. The summed E-state index contributed by atoms with van der Waals surface area (Å²) in [6.45, 7) is 9.73. The second kappa shape index (κ2) is 9.28. The first-order chi connectivity index (χ1) is 8.87. The fourth-order valence-corrected chi connectivity index (χ4v) is 6.03. The molecule has 0 aromatic rings. The van der Waals surface area contributed by atoms with Crippen LogP contribution < -0.4 is 0 Å². The van der Waals surface area contributed by atoms with Gasteiger partial charge in [-0.05, 0) is 27.7 Å². The molecule has 0 aliphatic rings. The average Bonchev–Trinajstić information content (AvgIpc) is 2.29. The van der Waals surface area contributed by atoms with Crippen molar-refractivity contribution in [2.75, 3.05) is 32.6 Å². The molecule has 1 unspecified atom stereocenters. The molecule has 0 amide bonds. The maximum atomic E-state index is 12.5. The Labute approximate surface area is 116 Å². The molecule has 0 aromatic heterocycles. The Bertz CT molecular complexity index is 313. The zero-order chi connectivity index (χ0) is 14.9. The van der Waals surface area contributed by atoms with E-state index in [4.69, 9.17) is 18.1 Å². The van der Waals surface area contributed by atoms with Gasteiger partial charge in [0.2, 0.25) is 0 Å². The van der Waals surface area contributed by atoms with E-state index in [0.717, 1.165) is 0 Å². The van der Waals surface area contributed by atoms with Crippen LogP contribution in [0.15, 0.2) is 0 Å². The van der Waals surface area contributed by atoms with E-state index in [1.807, 2.05) is 0 Å². The van der Waals surface area contributed by atoms with Gasteiger partial charge in [-0.1, -0.05) is 6.92 Å². The van der Waals surface area contributed by atoms with Crippen molar-refractivity contribution in [1.29, 1.82) is 0 Å². The molecule has 0 N–H and O–H groups in total. The van der Waals surface area contributed by atoms with Gasteiger partial charge in [0.1, 0.15) is 0 Å². The summed E-state index contributed by atoms with van der Waals surface area (Å²) >= 11 is 0. The van der Waals surface area contributed by atoms with Gasteiger partial charge in [-0.15, -0.1) is 0 Å². The Morgan fingerprint density at radius 2 is 1.16 bits per heavy atom. The van der Waals surface area contributed by atoms with Crippen LogP contribution in [0.4, 0.5) is 0 Å². The maximum absolute atomic E-state index is 12.5. The van der Waals surface area contributed by atoms with Crippen molar-refractivity contribution in [1.82, 2.24) is 0 Å². The van der Waals surface area contributed by atoms with Crippen molar-refractivity contribution in [3.63, 3.8) is 0 Å². The van der Waals surface area contributed by atoms with E-state index in [9.17, 15) is 9.13 Å². The third kappa shape index (κ3) is 6.52. The molecular weight excluding hydrogens is 290 g/mol. The molecule has 0 aliphatic heterocycles. The first-order valence-electron chi connectivity index (χ1n) is 6.64.